The first-order valence-corrected chi connectivity index (χ1v) is 6.22. The summed E-state index contributed by atoms with van der Waals surface area (Å²) in [4.78, 5) is 12.4. The van der Waals surface area contributed by atoms with Gasteiger partial charge in [-0.25, -0.2) is 0 Å². The third-order valence-corrected chi connectivity index (χ3v) is 3.93. The number of aromatic nitrogens is 2. The van der Waals surface area contributed by atoms with E-state index < -0.39 is 5.41 Å². The minimum atomic E-state index is -0.667. The number of nitrogens with two attached hydrogens (primary N) is 1. The molecule has 0 unspecified atom stereocenters. The Labute approximate surface area is 103 Å². The van der Waals surface area contributed by atoms with Crippen LogP contribution in [0.25, 0.3) is 0 Å². The first-order valence-electron chi connectivity index (χ1n) is 5.04. The summed E-state index contributed by atoms with van der Waals surface area (Å²) in [7, 11) is 0. The molecule has 0 spiro atoms. The summed E-state index contributed by atoms with van der Waals surface area (Å²) in [5.41, 5.74) is 5.04. The van der Waals surface area contributed by atoms with Crippen LogP contribution in [-0.4, -0.2) is 20.5 Å². The van der Waals surface area contributed by atoms with E-state index in [0.717, 1.165) is 37.2 Å². The molecule has 16 heavy (non-hydrogen) atoms. The monoisotopic (exact) mass is 256 g/mol. The Hall–Kier alpha value is -1.08. The summed E-state index contributed by atoms with van der Waals surface area (Å²) < 4.78 is 3.68. The van der Waals surface area contributed by atoms with E-state index in [-0.39, 0.29) is 5.91 Å². The van der Waals surface area contributed by atoms with Crippen LogP contribution >= 0.6 is 23.8 Å². The van der Waals surface area contributed by atoms with Crippen molar-refractivity contribution < 1.29 is 4.79 Å². The van der Waals surface area contributed by atoms with Gasteiger partial charge in [-0.1, -0.05) is 29.5 Å². The first kappa shape index (κ1) is 11.4. The van der Waals surface area contributed by atoms with Crippen molar-refractivity contribution in [2.24, 2.45) is 11.1 Å². The molecule has 3 N–H and O–H groups in total. The highest BCUT2D eigenvalue weighted by molar-refractivity contribution is 7.80. The third-order valence-electron chi connectivity index (χ3n) is 2.96. The molecule has 1 saturated carbocycles. The van der Waals surface area contributed by atoms with Gasteiger partial charge in [0.1, 0.15) is 5.00 Å². The first-order chi connectivity index (χ1) is 7.65. The third kappa shape index (κ3) is 1.92. The number of rotatable bonds is 3. The van der Waals surface area contributed by atoms with Crippen LogP contribution in [0.2, 0.25) is 0 Å². The van der Waals surface area contributed by atoms with E-state index in [2.05, 4.69) is 14.9 Å². The lowest BCUT2D eigenvalue weighted by Crippen LogP contribution is -2.43. The van der Waals surface area contributed by atoms with Gasteiger partial charge >= 0.3 is 0 Å². The average molecular weight is 256 g/mol. The van der Waals surface area contributed by atoms with Crippen molar-refractivity contribution in [1.29, 1.82) is 0 Å². The second-order valence-corrected chi connectivity index (χ2v) is 5.11. The Morgan fingerprint density at radius 1 is 1.56 bits per heavy atom. The molecule has 1 aliphatic rings. The van der Waals surface area contributed by atoms with E-state index in [9.17, 15) is 4.79 Å². The predicted molar refractivity (Wildman–Crippen MR) is 66.2 cm³/mol. The summed E-state index contributed by atoms with van der Waals surface area (Å²) in [6.07, 6.45) is 4.98. The summed E-state index contributed by atoms with van der Waals surface area (Å²) in [6.45, 7) is 0. The number of carbonyl (C=O) groups excluding carboxylic acids is 1. The molecule has 5 nitrogen and oxygen atoms in total. The minimum Gasteiger partial charge on any atom is -0.392 e. The zero-order valence-corrected chi connectivity index (χ0v) is 10.2. The number of hydrogen-bond acceptors (Lipinski definition) is 5. The van der Waals surface area contributed by atoms with Crippen molar-refractivity contribution in [3.8, 4) is 0 Å². The van der Waals surface area contributed by atoms with Gasteiger partial charge in [0, 0.05) is 11.5 Å². The fraction of sp³-hybridized carbons (Fsp3) is 0.556. The highest BCUT2D eigenvalue weighted by atomic mass is 32.1. The molecule has 1 heterocycles. The molecule has 0 aromatic carbocycles. The average Bonchev–Trinajstić information content (AvgIpc) is 2.87. The molecule has 7 heteroatoms. The molecule has 0 saturated heterocycles. The molecule has 0 aliphatic heterocycles. The quantitative estimate of drug-likeness (QED) is 0.797. The maximum Gasteiger partial charge on any atom is 0.238 e. The van der Waals surface area contributed by atoms with Gasteiger partial charge in [0.25, 0.3) is 0 Å². The van der Waals surface area contributed by atoms with Gasteiger partial charge in [0.05, 0.1) is 16.6 Å². The SMILES string of the molecule is NC(=S)C1(C(=O)Nc2cnns2)CCCC1. The van der Waals surface area contributed by atoms with E-state index >= 15 is 0 Å². The zero-order valence-electron chi connectivity index (χ0n) is 8.60. The number of anilines is 1. The normalized spacial score (nSPS) is 18.2. The molecule has 0 atom stereocenters. The molecule has 1 fully saturated rings. The van der Waals surface area contributed by atoms with E-state index in [0.29, 0.717) is 9.99 Å². The van der Waals surface area contributed by atoms with E-state index in [1.54, 1.807) is 0 Å². The molecular weight excluding hydrogens is 244 g/mol. The predicted octanol–water partition coefficient (Wildman–Crippen LogP) is 1.32. The van der Waals surface area contributed by atoms with Crippen LogP contribution in [0.3, 0.4) is 0 Å². The Balaban J connectivity index is 2.15. The fourth-order valence-electron chi connectivity index (χ4n) is 2.02. The van der Waals surface area contributed by atoms with Gasteiger partial charge in [-0.2, -0.15) is 0 Å². The number of hydrogen-bond donors (Lipinski definition) is 2. The van der Waals surface area contributed by atoms with Gasteiger partial charge in [0.15, 0.2) is 0 Å². The highest BCUT2D eigenvalue weighted by Crippen LogP contribution is 2.39. The van der Waals surface area contributed by atoms with Crippen LogP contribution in [0.5, 0.6) is 0 Å². The lowest BCUT2D eigenvalue weighted by Gasteiger charge is -2.25. The molecule has 2 rings (SSSR count). The molecule has 1 aromatic rings. The van der Waals surface area contributed by atoms with Crippen molar-refractivity contribution in [3.05, 3.63) is 6.20 Å². The molecule has 1 aromatic heterocycles. The second-order valence-electron chi connectivity index (χ2n) is 3.89. The van der Waals surface area contributed by atoms with Gasteiger partial charge in [-0.05, 0) is 12.8 Å². The van der Waals surface area contributed by atoms with Crippen LogP contribution in [0.4, 0.5) is 5.00 Å². The molecule has 1 aliphatic carbocycles. The van der Waals surface area contributed by atoms with Gasteiger partial charge in [0.2, 0.25) is 5.91 Å². The zero-order chi connectivity index (χ0) is 11.6. The second kappa shape index (κ2) is 4.42. The lowest BCUT2D eigenvalue weighted by molar-refractivity contribution is -0.122. The number of carbonyl (C=O) groups is 1. The smallest absolute Gasteiger partial charge is 0.238 e. The maximum atomic E-state index is 12.1. The summed E-state index contributed by atoms with van der Waals surface area (Å²) in [5, 5.41) is 7.06. The Bertz CT molecular complexity index is 398. The van der Waals surface area contributed by atoms with Crippen molar-refractivity contribution in [1.82, 2.24) is 9.59 Å². The minimum absolute atomic E-state index is 0.122. The van der Waals surface area contributed by atoms with Crippen molar-refractivity contribution in [3.63, 3.8) is 0 Å². The topological polar surface area (TPSA) is 80.9 Å². The van der Waals surface area contributed by atoms with Crippen LogP contribution in [0.1, 0.15) is 25.7 Å². The van der Waals surface area contributed by atoms with Crippen LogP contribution in [-0.2, 0) is 4.79 Å². The number of nitrogens with one attached hydrogen (secondary N) is 1. The molecule has 0 bridgehead atoms. The van der Waals surface area contributed by atoms with E-state index in [4.69, 9.17) is 18.0 Å². The molecule has 1 amide bonds. The maximum absolute atomic E-state index is 12.1. The Morgan fingerprint density at radius 3 is 2.75 bits per heavy atom. The van der Waals surface area contributed by atoms with E-state index in [1.807, 2.05) is 0 Å². The Morgan fingerprint density at radius 2 is 2.25 bits per heavy atom. The highest BCUT2D eigenvalue weighted by Gasteiger charge is 2.44. The van der Waals surface area contributed by atoms with Crippen molar-refractivity contribution in [2.45, 2.75) is 25.7 Å². The fourth-order valence-corrected chi connectivity index (χ4v) is 2.73. The number of thiocarbonyl (C=S) groups is 1. The summed E-state index contributed by atoms with van der Waals surface area (Å²) in [6, 6.07) is 0. The van der Waals surface area contributed by atoms with Crippen molar-refractivity contribution >= 4 is 39.6 Å². The number of nitrogens with zero attached hydrogens (tertiary/aromatic N) is 2. The standard InChI is InChI=1S/C9H12N4OS2/c10-7(15)9(3-1-2-4-9)8(14)12-6-5-11-13-16-6/h5H,1-4H2,(H2,10,15)(H,12,14). The van der Waals surface area contributed by atoms with Gasteiger partial charge in [-0.15, -0.1) is 5.10 Å². The number of amides is 1. The van der Waals surface area contributed by atoms with Gasteiger partial charge in [-0.3, -0.25) is 4.79 Å². The molecular formula is C9H12N4OS2. The summed E-state index contributed by atoms with van der Waals surface area (Å²) in [5.74, 6) is -0.122. The van der Waals surface area contributed by atoms with Crippen LogP contribution < -0.4 is 11.1 Å². The molecule has 86 valence electrons. The lowest BCUT2D eigenvalue weighted by atomic mass is 9.85. The van der Waals surface area contributed by atoms with Crippen LogP contribution in [0.15, 0.2) is 6.20 Å². The van der Waals surface area contributed by atoms with Crippen molar-refractivity contribution in [2.75, 3.05) is 5.32 Å². The largest absolute Gasteiger partial charge is 0.392 e. The van der Waals surface area contributed by atoms with Crippen LogP contribution in [0, 0.1) is 5.41 Å². The Kier molecular flexibility index (Phi) is 3.15. The van der Waals surface area contributed by atoms with Gasteiger partial charge < -0.3 is 11.1 Å². The van der Waals surface area contributed by atoms with E-state index in [1.165, 1.54) is 6.20 Å². The summed E-state index contributed by atoms with van der Waals surface area (Å²) >= 11 is 6.17. The molecule has 0 radical (unpaired) electrons.